The number of esters is 1. The number of carboxylic acid groups (broad SMARTS) is 1. The van der Waals surface area contributed by atoms with Crippen molar-refractivity contribution >= 4 is 17.8 Å². The number of aliphatic carboxylic acids is 1. The van der Waals surface area contributed by atoms with Crippen molar-refractivity contribution in [1.82, 2.24) is 5.32 Å². The maximum atomic E-state index is 13.7. The highest BCUT2D eigenvalue weighted by atomic mass is 19.4. The zero-order valence-electron chi connectivity index (χ0n) is 25.7. The van der Waals surface area contributed by atoms with Gasteiger partial charge in [-0.05, 0) is 35.2 Å². The van der Waals surface area contributed by atoms with Gasteiger partial charge in [0.1, 0.15) is 12.5 Å². The molecule has 3 aliphatic rings. The van der Waals surface area contributed by atoms with Crippen LogP contribution in [0.5, 0.6) is 0 Å². The molecule has 0 saturated carbocycles. The lowest BCUT2D eigenvalue weighted by Gasteiger charge is -2.52. The van der Waals surface area contributed by atoms with Gasteiger partial charge in [-0.25, -0.2) is 4.79 Å². The van der Waals surface area contributed by atoms with Crippen molar-refractivity contribution in [3.05, 3.63) is 107 Å². The van der Waals surface area contributed by atoms with Crippen molar-refractivity contribution in [3.8, 4) is 0 Å². The number of nitrogens with zero attached hydrogens (tertiary/aromatic N) is 1. The molecule has 3 heterocycles. The van der Waals surface area contributed by atoms with Gasteiger partial charge in [0.25, 0.3) is 5.91 Å². The van der Waals surface area contributed by atoms with Gasteiger partial charge in [0.2, 0.25) is 5.60 Å². The molecule has 0 spiro atoms. The fourth-order valence-electron chi connectivity index (χ4n) is 6.26. The van der Waals surface area contributed by atoms with E-state index >= 15 is 0 Å². The number of carbonyl (C=O) groups is 3. The molecule has 1 amide bonds. The number of nitrogens with one attached hydrogen (secondary N) is 1. The number of hydrogen-bond acceptors (Lipinski definition) is 6. The Hall–Kier alpha value is -4.22. The summed E-state index contributed by atoms with van der Waals surface area (Å²) in [6.45, 7) is 6.52. The zero-order valence-corrected chi connectivity index (χ0v) is 25.7. The molecule has 0 radical (unpaired) electrons. The monoisotopic (exact) mass is 640 g/mol. The molecule has 46 heavy (non-hydrogen) atoms. The highest BCUT2D eigenvalue weighted by Crippen LogP contribution is 2.38. The maximum absolute atomic E-state index is 13.7. The molecule has 246 valence electrons. The number of fused-ring (bicyclic) bond motifs is 3. The van der Waals surface area contributed by atoms with Gasteiger partial charge in [0.05, 0.1) is 19.6 Å². The van der Waals surface area contributed by atoms with Crippen LogP contribution in [-0.2, 0) is 26.3 Å². The Morgan fingerprint density at radius 1 is 0.913 bits per heavy atom. The first-order valence-electron chi connectivity index (χ1n) is 15.4. The van der Waals surface area contributed by atoms with Gasteiger partial charge < -0.3 is 29.5 Å². The van der Waals surface area contributed by atoms with Crippen LogP contribution in [0.2, 0.25) is 0 Å². The Morgan fingerprint density at radius 3 is 1.91 bits per heavy atom. The van der Waals surface area contributed by atoms with Gasteiger partial charge in [-0.1, -0.05) is 79.7 Å². The van der Waals surface area contributed by atoms with E-state index in [2.05, 4.69) is 12.2 Å². The molecule has 6 rings (SSSR count). The summed E-state index contributed by atoms with van der Waals surface area (Å²) in [7, 11) is 0. The number of hydrogen-bond donors (Lipinski definition) is 2. The Labute approximate surface area is 266 Å². The molecule has 3 aromatic rings. The molecular formula is C35H39F3N2O6. The number of carbonyl (C=O) groups excluding carboxylic acids is 3. The van der Waals surface area contributed by atoms with E-state index < -0.39 is 23.7 Å². The molecule has 3 fully saturated rings. The van der Waals surface area contributed by atoms with Crippen LogP contribution in [-0.4, -0.2) is 72.4 Å². The van der Waals surface area contributed by atoms with Crippen molar-refractivity contribution in [3.63, 3.8) is 0 Å². The first-order chi connectivity index (χ1) is 21.9. The molecule has 2 bridgehead atoms. The second kappa shape index (κ2) is 14.9. The molecule has 2 N–H and O–H groups in total. The second-order valence-electron chi connectivity index (χ2n) is 11.9. The van der Waals surface area contributed by atoms with Crippen LogP contribution in [0.1, 0.15) is 53.2 Å². The number of quaternary nitrogens is 1. The van der Waals surface area contributed by atoms with Crippen molar-refractivity contribution < 1.29 is 47.0 Å². The maximum Gasteiger partial charge on any atom is 0.430 e. The van der Waals surface area contributed by atoms with E-state index in [1.165, 1.54) is 5.56 Å². The van der Waals surface area contributed by atoms with E-state index in [0.29, 0.717) is 29.2 Å². The van der Waals surface area contributed by atoms with Crippen molar-refractivity contribution in [2.45, 2.75) is 50.5 Å². The van der Waals surface area contributed by atoms with Crippen molar-refractivity contribution in [1.29, 1.82) is 0 Å². The van der Waals surface area contributed by atoms with E-state index in [-0.39, 0.29) is 12.0 Å². The number of aliphatic hydroxyl groups is 1. The van der Waals surface area contributed by atoms with Gasteiger partial charge in [-0.15, -0.1) is 0 Å². The van der Waals surface area contributed by atoms with E-state index in [9.17, 15) is 27.9 Å². The summed E-state index contributed by atoms with van der Waals surface area (Å²) >= 11 is 0. The van der Waals surface area contributed by atoms with Crippen LogP contribution in [0.3, 0.4) is 0 Å². The number of halogens is 3. The first-order valence-corrected chi connectivity index (χ1v) is 15.4. The van der Waals surface area contributed by atoms with E-state index in [4.69, 9.17) is 14.6 Å². The number of aryl methyl sites for hydroxylation is 1. The average Bonchev–Trinajstić information content (AvgIpc) is 3.07. The quantitative estimate of drug-likeness (QED) is 0.198. The molecule has 0 unspecified atom stereocenters. The molecule has 11 heteroatoms. The third-order valence-corrected chi connectivity index (χ3v) is 8.93. The van der Waals surface area contributed by atoms with E-state index in [1.54, 1.807) is 24.3 Å². The summed E-state index contributed by atoms with van der Waals surface area (Å²) in [6.07, 6.45) is -1.60. The highest BCUT2D eigenvalue weighted by molar-refractivity contribution is 5.94. The molecule has 3 saturated heterocycles. The van der Waals surface area contributed by atoms with Gasteiger partial charge in [0, 0.05) is 37.3 Å². The Bertz CT molecular complexity index is 1420. The normalized spacial score (nSPS) is 20.6. The fourth-order valence-corrected chi connectivity index (χ4v) is 6.26. The molecular weight excluding hydrogens is 601 g/mol. The lowest BCUT2D eigenvalue weighted by atomic mass is 9.82. The van der Waals surface area contributed by atoms with Gasteiger partial charge in [-0.3, -0.25) is 4.79 Å². The lowest BCUT2D eigenvalue weighted by Crippen LogP contribution is -2.65. The molecule has 0 aromatic heterocycles. The molecule has 8 nitrogen and oxygen atoms in total. The van der Waals surface area contributed by atoms with Crippen LogP contribution in [0.4, 0.5) is 13.2 Å². The standard InChI is InChI=1S/C33H38N2O4.C2HF3O2/c1-2-25-14-16-27(17-15-25)31(36)34-20-9-21-35-22-18-26(19-23-35)30(24-35)39-32(37)33(38,28-10-5-3-6-11-28)29-12-7-4-8-13-29;3-2(4,5)1(6)7/h3-8,10-17,26,30,38H,2,9,18-24H2,1H3;(H,6,7)/t26?,30-,35?;/m0./s1. The van der Waals surface area contributed by atoms with E-state index in [0.717, 1.165) is 56.3 Å². The predicted molar refractivity (Wildman–Crippen MR) is 162 cm³/mol. The van der Waals surface area contributed by atoms with Crippen LogP contribution in [0.25, 0.3) is 0 Å². The number of benzene rings is 3. The number of carboxylic acids is 1. The van der Waals surface area contributed by atoms with Crippen molar-refractivity contribution in [2.24, 2.45) is 5.92 Å². The smallest absolute Gasteiger partial charge is 0.430 e. The Kier molecular flexibility index (Phi) is 11.2. The number of alkyl halides is 3. The summed E-state index contributed by atoms with van der Waals surface area (Å²) in [4.78, 5) is 35.0. The largest absolute Gasteiger partial charge is 0.542 e. The highest BCUT2D eigenvalue weighted by Gasteiger charge is 2.50. The minimum Gasteiger partial charge on any atom is -0.542 e. The SMILES string of the molecule is CCc1ccc(C(=O)NCCC[N+]23CCC(CC2)[C@@H](OC(=O)C(O)(c2ccccc2)c2ccccc2)C3)cc1.O=C([O-])C(F)(F)F. The Balaban J connectivity index is 0.000000617. The zero-order chi connectivity index (χ0) is 33.4. The first kappa shape index (κ1) is 34.6. The molecule has 3 aromatic carbocycles. The third kappa shape index (κ3) is 8.32. The number of rotatable bonds is 10. The van der Waals surface area contributed by atoms with Gasteiger partial charge >= 0.3 is 12.1 Å². The van der Waals surface area contributed by atoms with Crippen molar-refractivity contribution in [2.75, 3.05) is 32.7 Å². The summed E-state index contributed by atoms with van der Waals surface area (Å²) in [5, 5.41) is 23.7. The fraction of sp³-hybridized carbons (Fsp3) is 0.400. The minimum absolute atomic E-state index is 0.0390. The Morgan fingerprint density at radius 2 is 1.43 bits per heavy atom. The molecule has 1 atom stereocenters. The van der Waals surface area contributed by atoms with Gasteiger partial charge in [-0.2, -0.15) is 13.2 Å². The number of piperidine rings is 3. The molecule has 3 aliphatic heterocycles. The van der Waals surface area contributed by atoms with Crippen LogP contribution >= 0.6 is 0 Å². The summed E-state index contributed by atoms with van der Waals surface area (Å²) < 4.78 is 38.6. The third-order valence-electron chi connectivity index (χ3n) is 8.93. The number of amides is 1. The topological polar surface area (TPSA) is 116 Å². The van der Waals surface area contributed by atoms with E-state index in [1.807, 2.05) is 60.7 Å². The second-order valence-corrected chi connectivity index (χ2v) is 11.9. The van der Waals surface area contributed by atoms with Crippen LogP contribution < -0.4 is 10.4 Å². The summed E-state index contributed by atoms with van der Waals surface area (Å²) in [5.41, 5.74) is 1.06. The lowest BCUT2D eigenvalue weighted by molar-refractivity contribution is -0.946. The predicted octanol–water partition coefficient (Wildman–Crippen LogP) is 3.76. The average molecular weight is 641 g/mol. The summed E-state index contributed by atoms with van der Waals surface area (Å²) in [5.74, 6) is -3.34. The number of ether oxygens (including phenoxy) is 1. The van der Waals surface area contributed by atoms with Gasteiger partial charge in [0.15, 0.2) is 6.10 Å². The van der Waals surface area contributed by atoms with Crippen LogP contribution in [0, 0.1) is 5.92 Å². The minimum atomic E-state index is -5.19. The van der Waals surface area contributed by atoms with Crippen LogP contribution in [0.15, 0.2) is 84.9 Å². The molecule has 0 aliphatic carbocycles. The summed E-state index contributed by atoms with van der Waals surface area (Å²) in [6, 6.07) is 25.9.